The number of esters is 1. The number of nitrogens with one attached hydrogen (secondary N) is 1. The highest BCUT2D eigenvalue weighted by atomic mass is 35.5. The first-order chi connectivity index (χ1) is 22.7. The zero-order valence-electron chi connectivity index (χ0n) is 24.9. The van der Waals surface area contributed by atoms with Crippen molar-refractivity contribution in [2.24, 2.45) is 0 Å². The first kappa shape index (κ1) is 32.8. The monoisotopic (exact) mass is 705 g/mol. The molecule has 0 radical (unpaired) electrons. The van der Waals surface area contributed by atoms with Gasteiger partial charge in [-0.05, 0) is 34.7 Å². The third-order valence-corrected chi connectivity index (χ3v) is 11.7. The summed E-state index contributed by atoms with van der Waals surface area (Å²) in [6, 6.07) is 28.5. The second-order valence-corrected chi connectivity index (χ2v) is 14.6. The number of nitro groups is 1. The van der Waals surface area contributed by atoms with Crippen LogP contribution in [0.5, 0.6) is 0 Å². The van der Waals surface area contributed by atoms with Gasteiger partial charge >= 0.3 is 5.97 Å². The van der Waals surface area contributed by atoms with Crippen LogP contribution in [0.1, 0.15) is 34.9 Å². The lowest BCUT2D eigenvalue weighted by molar-refractivity contribution is -0.384. The van der Waals surface area contributed by atoms with Gasteiger partial charge in [0.2, 0.25) is 11.8 Å². The van der Waals surface area contributed by atoms with Crippen LogP contribution in [0.3, 0.4) is 0 Å². The van der Waals surface area contributed by atoms with Gasteiger partial charge in [-0.1, -0.05) is 66.7 Å². The lowest BCUT2D eigenvalue weighted by Gasteiger charge is -2.52. The molecular formula is C34H28ClN3O6S3. The molecule has 9 nitrogen and oxygen atoms in total. The topological polar surface area (TPSA) is 119 Å². The first-order valence-corrected chi connectivity index (χ1v) is 17.8. The summed E-state index contributed by atoms with van der Waals surface area (Å²) in [5, 5.41) is 13.9. The number of amides is 2. The standard InChI is InChI=1S/C34H28ClN3O6S3/c1-20(39)36-31-27(25(35)19-46-24-16-14-23(15-17-24)38(42)43)29(37-32(40)28(33(37)47-31)26-13-8-18-45-26)34(41)44-30(21-9-4-2-5-10-21)22-11-6-3-7-12-22/h2-18,25,28,30-31,33H,19H2,1H3,(H,36,39)/t25?,28?,31?,33-/m1/s1. The third-order valence-electron chi connectivity index (χ3n) is 7.70. The van der Waals surface area contributed by atoms with E-state index in [1.807, 2.05) is 78.2 Å². The minimum Gasteiger partial charge on any atom is -0.448 e. The van der Waals surface area contributed by atoms with Crippen LogP contribution in [0.4, 0.5) is 5.69 Å². The smallest absolute Gasteiger partial charge is 0.356 e. The zero-order chi connectivity index (χ0) is 33.1. The molecule has 1 fully saturated rings. The Morgan fingerprint density at radius 2 is 1.64 bits per heavy atom. The van der Waals surface area contributed by atoms with Gasteiger partial charge in [0.05, 0.1) is 10.3 Å². The van der Waals surface area contributed by atoms with Crippen LogP contribution in [0.15, 0.2) is 119 Å². The average molecular weight is 706 g/mol. The lowest BCUT2D eigenvalue weighted by Crippen LogP contribution is -2.62. The zero-order valence-corrected chi connectivity index (χ0v) is 28.1. The predicted molar refractivity (Wildman–Crippen MR) is 184 cm³/mol. The van der Waals surface area contributed by atoms with E-state index in [9.17, 15) is 24.5 Å². The number of thiophene rings is 1. The highest BCUT2D eigenvalue weighted by Crippen LogP contribution is 2.53. The molecule has 0 saturated carbocycles. The molecule has 1 N–H and O–H groups in total. The van der Waals surface area contributed by atoms with Crippen molar-refractivity contribution in [1.29, 1.82) is 0 Å². The Hall–Kier alpha value is -4.10. The van der Waals surface area contributed by atoms with Gasteiger partial charge in [-0.25, -0.2) is 4.79 Å². The number of halogens is 1. The summed E-state index contributed by atoms with van der Waals surface area (Å²) in [5.41, 5.74) is 1.84. The number of non-ortho nitro benzene ring substituents is 1. The number of fused-ring (bicyclic) bond motifs is 1. The van der Waals surface area contributed by atoms with Crippen molar-refractivity contribution in [3.8, 4) is 0 Å². The van der Waals surface area contributed by atoms with Crippen LogP contribution in [-0.4, -0.2) is 49.5 Å². The largest absolute Gasteiger partial charge is 0.448 e. The number of nitrogens with zero attached hydrogens (tertiary/aromatic N) is 2. The summed E-state index contributed by atoms with van der Waals surface area (Å²) >= 11 is 11.3. The van der Waals surface area contributed by atoms with Crippen molar-refractivity contribution in [1.82, 2.24) is 10.2 Å². The molecule has 0 spiro atoms. The second-order valence-electron chi connectivity index (χ2n) is 10.7. The molecule has 3 unspecified atom stereocenters. The molecule has 4 atom stereocenters. The minimum atomic E-state index is -0.830. The molecule has 4 aromatic rings. The maximum Gasteiger partial charge on any atom is 0.356 e. The van der Waals surface area contributed by atoms with E-state index in [4.69, 9.17) is 16.3 Å². The van der Waals surface area contributed by atoms with E-state index in [1.165, 1.54) is 58.8 Å². The number of thioether (sulfide) groups is 2. The van der Waals surface area contributed by atoms with Crippen molar-refractivity contribution in [3.05, 3.63) is 140 Å². The maximum absolute atomic E-state index is 14.5. The molecule has 3 aromatic carbocycles. The van der Waals surface area contributed by atoms with Crippen molar-refractivity contribution in [2.45, 2.75) is 40.0 Å². The van der Waals surface area contributed by atoms with Crippen molar-refractivity contribution in [2.75, 3.05) is 5.75 Å². The molecule has 47 heavy (non-hydrogen) atoms. The van der Waals surface area contributed by atoms with Crippen molar-refractivity contribution in [3.63, 3.8) is 0 Å². The van der Waals surface area contributed by atoms with Gasteiger partial charge in [-0.15, -0.1) is 46.5 Å². The normalized spacial score (nSPS) is 19.5. The van der Waals surface area contributed by atoms with Gasteiger partial charge in [0.15, 0.2) is 6.10 Å². The Morgan fingerprint density at radius 3 is 2.19 bits per heavy atom. The Bertz CT molecular complexity index is 1770. The fourth-order valence-corrected chi connectivity index (χ4v) is 9.50. The Balaban J connectivity index is 1.40. The lowest BCUT2D eigenvalue weighted by atomic mass is 9.93. The Kier molecular flexibility index (Phi) is 10.0. The number of carbonyl (C=O) groups excluding carboxylic acids is 3. The first-order valence-electron chi connectivity index (χ1n) is 14.6. The van der Waals surface area contributed by atoms with Gasteiger partial charge in [-0.2, -0.15) is 0 Å². The summed E-state index contributed by atoms with van der Waals surface area (Å²) in [4.78, 5) is 54.6. The van der Waals surface area contributed by atoms with E-state index in [2.05, 4.69) is 5.32 Å². The van der Waals surface area contributed by atoms with E-state index in [-0.39, 0.29) is 29.0 Å². The fourth-order valence-electron chi connectivity index (χ4n) is 5.54. The predicted octanol–water partition coefficient (Wildman–Crippen LogP) is 7.10. The van der Waals surface area contributed by atoms with Gasteiger partial charge in [0.25, 0.3) is 5.69 Å². The highest BCUT2D eigenvalue weighted by molar-refractivity contribution is 8.01. The number of alkyl halides is 1. The van der Waals surface area contributed by atoms with Crippen molar-refractivity contribution < 1.29 is 24.0 Å². The van der Waals surface area contributed by atoms with Crippen LogP contribution in [0.2, 0.25) is 0 Å². The molecule has 0 bridgehead atoms. The quantitative estimate of drug-likeness (QED) is 0.0438. The van der Waals surface area contributed by atoms with Gasteiger partial charge in [0.1, 0.15) is 22.4 Å². The van der Waals surface area contributed by atoms with Crippen LogP contribution in [-0.2, 0) is 19.1 Å². The van der Waals surface area contributed by atoms with E-state index in [0.29, 0.717) is 5.57 Å². The Labute approximate surface area is 288 Å². The molecule has 6 rings (SSSR count). The summed E-state index contributed by atoms with van der Waals surface area (Å²) in [5.74, 6) is -1.56. The molecule has 2 aliphatic rings. The maximum atomic E-state index is 14.5. The molecule has 3 heterocycles. The molecule has 0 aliphatic carbocycles. The number of β-lactam (4-membered cyclic amide) rings is 1. The number of benzene rings is 3. The second kappa shape index (κ2) is 14.3. The number of ether oxygens (including phenoxy) is 1. The number of nitro benzene ring substituents is 1. The van der Waals surface area contributed by atoms with Gasteiger partial charge in [-0.3, -0.25) is 24.6 Å². The van der Waals surface area contributed by atoms with Crippen molar-refractivity contribution >= 4 is 69.9 Å². The van der Waals surface area contributed by atoms with Crippen LogP contribution >= 0.6 is 46.5 Å². The average Bonchev–Trinajstić information content (AvgIpc) is 3.60. The molecule has 2 aliphatic heterocycles. The summed E-state index contributed by atoms with van der Waals surface area (Å²) in [7, 11) is 0. The molecular weight excluding hydrogens is 678 g/mol. The molecule has 13 heteroatoms. The number of rotatable bonds is 11. The molecule has 240 valence electrons. The van der Waals surface area contributed by atoms with E-state index >= 15 is 0 Å². The SMILES string of the molecule is CC(=O)NC1S[C@@H]2C(c3cccs3)C(=O)N2C(C(=O)OC(c2ccccc2)c2ccccc2)=C1C(Cl)CSc1ccc([N+](=O)[O-])cc1. The number of carbonyl (C=O) groups is 3. The fraction of sp³-hybridized carbons (Fsp3) is 0.206. The number of hydrogen-bond donors (Lipinski definition) is 1. The summed E-state index contributed by atoms with van der Waals surface area (Å²) in [6.07, 6.45) is -0.779. The number of hydrogen-bond acceptors (Lipinski definition) is 9. The molecule has 2 amide bonds. The van der Waals surface area contributed by atoms with E-state index < -0.39 is 39.0 Å². The van der Waals surface area contributed by atoms with Crippen LogP contribution in [0.25, 0.3) is 0 Å². The van der Waals surface area contributed by atoms with Gasteiger partial charge in [0, 0.05) is 40.2 Å². The van der Waals surface area contributed by atoms with Crippen LogP contribution in [0, 0.1) is 10.1 Å². The van der Waals surface area contributed by atoms with Crippen LogP contribution < -0.4 is 5.32 Å². The summed E-state index contributed by atoms with van der Waals surface area (Å²) in [6.45, 7) is 1.39. The molecule has 1 aromatic heterocycles. The van der Waals surface area contributed by atoms with E-state index in [1.54, 1.807) is 12.1 Å². The minimum absolute atomic E-state index is 0.0199. The Morgan fingerprint density at radius 1 is 1.00 bits per heavy atom. The van der Waals surface area contributed by atoms with E-state index in [0.717, 1.165) is 20.9 Å². The molecule has 1 saturated heterocycles. The highest BCUT2D eigenvalue weighted by Gasteiger charge is 2.57. The van der Waals surface area contributed by atoms with Gasteiger partial charge < -0.3 is 10.1 Å². The summed E-state index contributed by atoms with van der Waals surface area (Å²) < 4.78 is 6.28. The third kappa shape index (κ3) is 6.96.